The lowest BCUT2D eigenvalue weighted by molar-refractivity contribution is -0.118. The summed E-state index contributed by atoms with van der Waals surface area (Å²) < 4.78 is 0. The second kappa shape index (κ2) is 3.41. The number of Topliss-reactive ketones (excluding diaryl/α,β-unsaturated/α-hetero) is 1. The van der Waals surface area contributed by atoms with E-state index in [1.807, 2.05) is 6.08 Å². The molecule has 0 bridgehead atoms. The molecule has 2 heteroatoms. The van der Waals surface area contributed by atoms with Crippen LogP contribution in [0.25, 0.3) is 6.08 Å². The molecule has 0 atom stereocenters. The minimum absolute atomic E-state index is 0.166. The van der Waals surface area contributed by atoms with Gasteiger partial charge in [0.25, 0.3) is 0 Å². The molecule has 2 nitrogen and oxygen atoms in total. The Morgan fingerprint density at radius 1 is 0.812 bits per heavy atom. The lowest BCUT2D eigenvalue weighted by atomic mass is 9.85. The van der Waals surface area contributed by atoms with Crippen LogP contribution in [0.5, 0.6) is 0 Å². The maximum absolute atomic E-state index is 11.4. The number of allylic oxidation sites excluding steroid dienone is 1. The number of benzene rings is 1. The van der Waals surface area contributed by atoms with Crippen molar-refractivity contribution in [3.63, 3.8) is 0 Å². The predicted molar refractivity (Wildman–Crippen MR) is 61.2 cm³/mol. The first-order valence-corrected chi connectivity index (χ1v) is 5.59. The SMILES string of the molecule is O=C1C=Cc2cc3c(cc2C1)CCC(=O)C3. The molecule has 0 heterocycles. The van der Waals surface area contributed by atoms with Crippen molar-refractivity contribution >= 4 is 17.6 Å². The number of carbonyl (C=O) groups is 2. The third-order valence-corrected chi connectivity index (χ3v) is 3.34. The third kappa shape index (κ3) is 1.51. The maximum atomic E-state index is 11.4. The van der Waals surface area contributed by atoms with Gasteiger partial charge in [0.2, 0.25) is 0 Å². The third-order valence-electron chi connectivity index (χ3n) is 3.34. The molecule has 0 aromatic heterocycles. The largest absolute Gasteiger partial charge is 0.299 e. The van der Waals surface area contributed by atoms with Gasteiger partial charge in [-0.3, -0.25) is 9.59 Å². The van der Waals surface area contributed by atoms with E-state index in [9.17, 15) is 9.59 Å². The molecule has 2 aliphatic rings. The van der Waals surface area contributed by atoms with E-state index in [2.05, 4.69) is 12.1 Å². The lowest BCUT2D eigenvalue weighted by Crippen LogP contribution is -2.15. The Kier molecular flexibility index (Phi) is 2.03. The van der Waals surface area contributed by atoms with Gasteiger partial charge < -0.3 is 0 Å². The van der Waals surface area contributed by atoms with Crippen molar-refractivity contribution in [2.24, 2.45) is 0 Å². The summed E-state index contributed by atoms with van der Waals surface area (Å²) in [5, 5.41) is 0. The summed E-state index contributed by atoms with van der Waals surface area (Å²) in [5.41, 5.74) is 4.61. The van der Waals surface area contributed by atoms with Gasteiger partial charge in [-0.1, -0.05) is 18.2 Å². The first-order valence-electron chi connectivity index (χ1n) is 5.59. The molecule has 3 rings (SSSR count). The van der Waals surface area contributed by atoms with Crippen LogP contribution in [0.2, 0.25) is 0 Å². The molecule has 0 radical (unpaired) electrons. The van der Waals surface area contributed by atoms with Crippen molar-refractivity contribution in [2.45, 2.75) is 25.7 Å². The highest BCUT2D eigenvalue weighted by Crippen LogP contribution is 2.26. The monoisotopic (exact) mass is 212 g/mol. The Bertz CT molecular complexity index is 524. The fourth-order valence-electron chi connectivity index (χ4n) is 2.47. The number of ketones is 2. The number of rotatable bonds is 0. The molecule has 0 aliphatic heterocycles. The van der Waals surface area contributed by atoms with Gasteiger partial charge in [0.15, 0.2) is 5.78 Å². The molecule has 0 fully saturated rings. The Morgan fingerprint density at radius 3 is 2.56 bits per heavy atom. The van der Waals surface area contributed by atoms with Crippen LogP contribution >= 0.6 is 0 Å². The van der Waals surface area contributed by atoms with Gasteiger partial charge in [-0.25, -0.2) is 0 Å². The zero-order valence-corrected chi connectivity index (χ0v) is 8.95. The highest BCUT2D eigenvalue weighted by atomic mass is 16.1. The predicted octanol–water partition coefficient (Wildman–Crippen LogP) is 1.88. The summed E-state index contributed by atoms with van der Waals surface area (Å²) in [5.74, 6) is 0.489. The number of hydrogen-bond donors (Lipinski definition) is 0. The average molecular weight is 212 g/mol. The molecule has 2 aliphatic carbocycles. The van der Waals surface area contributed by atoms with Crippen molar-refractivity contribution < 1.29 is 9.59 Å². The van der Waals surface area contributed by atoms with Gasteiger partial charge in [-0.2, -0.15) is 0 Å². The van der Waals surface area contributed by atoms with Gasteiger partial charge >= 0.3 is 0 Å². The Morgan fingerprint density at radius 2 is 1.69 bits per heavy atom. The molecule has 0 unspecified atom stereocenters. The van der Waals surface area contributed by atoms with Crippen LogP contribution in [0.3, 0.4) is 0 Å². The van der Waals surface area contributed by atoms with Gasteiger partial charge in [-0.15, -0.1) is 0 Å². The molecule has 1 aromatic rings. The maximum Gasteiger partial charge on any atom is 0.160 e. The van der Waals surface area contributed by atoms with Crippen molar-refractivity contribution in [1.29, 1.82) is 0 Å². The first kappa shape index (κ1) is 9.52. The van der Waals surface area contributed by atoms with E-state index in [4.69, 9.17) is 0 Å². The summed E-state index contributed by atoms with van der Waals surface area (Å²) in [6.45, 7) is 0. The fourth-order valence-corrected chi connectivity index (χ4v) is 2.47. The van der Waals surface area contributed by atoms with Crippen molar-refractivity contribution in [1.82, 2.24) is 0 Å². The highest BCUT2D eigenvalue weighted by Gasteiger charge is 2.19. The highest BCUT2D eigenvalue weighted by molar-refractivity contribution is 5.98. The lowest BCUT2D eigenvalue weighted by Gasteiger charge is -2.19. The van der Waals surface area contributed by atoms with E-state index in [0.717, 1.165) is 23.1 Å². The van der Waals surface area contributed by atoms with Crippen LogP contribution in [-0.2, 0) is 28.9 Å². The van der Waals surface area contributed by atoms with Crippen LogP contribution in [0, 0.1) is 0 Å². The van der Waals surface area contributed by atoms with Crippen LogP contribution in [0.4, 0.5) is 0 Å². The van der Waals surface area contributed by atoms with Crippen molar-refractivity contribution in [3.8, 4) is 0 Å². The summed E-state index contributed by atoms with van der Waals surface area (Å²) in [6.07, 6.45) is 6.03. The molecular weight excluding hydrogens is 200 g/mol. The van der Waals surface area contributed by atoms with E-state index < -0.39 is 0 Å². The molecule has 0 saturated carbocycles. The minimum atomic E-state index is 0.166. The van der Waals surface area contributed by atoms with Gasteiger partial charge in [0, 0.05) is 19.3 Å². The van der Waals surface area contributed by atoms with Gasteiger partial charge in [0.05, 0.1) is 0 Å². The molecule has 0 amide bonds. The minimum Gasteiger partial charge on any atom is -0.299 e. The molecular formula is C14H12O2. The fraction of sp³-hybridized carbons (Fsp3) is 0.286. The van der Waals surface area contributed by atoms with Crippen LogP contribution in [0.1, 0.15) is 28.7 Å². The van der Waals surface area contributed by atoms with E-state index in [1.165, 1.54) is 5.56 Å². The molecule has 1 aromatic carbocycles. The number of hydrogen-bond acceptors (Lipinski definition) is 2. The molecule has 0 saturated heterocycles. The van der Waals surface area contributed by atoms with E-state index in [1.54, 1.807) is 6.08 Å². The Labute approximate surface area is 94.0 Å². The number of aryl methyl sites for hydroxylation is 1. The Hall–Kier alpha value is -1.70. The van der Waals surface area contributed by atoms with Gasteiger partial charge in [0.1, 0.15) is 5.78 Å². The topological polar surface area (TPSA) is 34.1 Å². The van der Waals surface area contributed by atoms with Crippen molar-refractivity contribution in [2.75, 3.05) is 0 Å². The second-order valence-corrected chi connectivity index (χ2v) is 4.51. The summed E-state index contributed by atoms with van der Waals surface area (Å²) >= 11 is 0. The zero-order chi connectivity index (χ0) is 11.1. The quantitative estimate of drug-likeness (QED) is 0.658. The van der Waals surface area contributed by atoms with Crippen LogP contribution in [-0.4, -0.2) is 11.6 Å². The molecule has 16 heavy (non-hydrogen) atoms. The Balaban J connectivity index is 2.10. The second-order valence-electron chi connectivity index (χ2n) is 4.51. The summed E-state index contributed by atoms with van der Waals surface area (Å²) in [6, 6.07) is 4.18. The standard InChI is InChI=1S/C14H12O2/c15-13-3-1-9-5-12-8-14(16)4-2-10(12)6-11(9)7-13/h1,3,5-6H,2,4,7-8H2. The smallest absolute Gasteiger partial charge is 0.160 e. The van der Waals surface area contributed by atoms with Crippen LogP contribution in [0.15, 0.2) is 18.2 Å². The molecule has 0 N–H and O–H groups in total. The van der Waals surface area contributed by atoms with Crippen LogP contribution < -0.4 is 0 Å². The summed E-state index contributed by atoms with van der Waals surface area (Å²) in [7, 11) is 0. The van der Waals surface area contributed by atoms with E-state index in [0.29, 0.717) is 25.0 Å². The van der Waals surface area contributed by atoms with E-state index >= 15 is 0 Å². The van der Waals surface area contributed by atoms with E-state index in [-0.39, 0.29) is 5.78 Å². The zero-order valence-electron chi connectivity index (χ0n) is 8.95. The van der Waals surface area contributed by atoms with Crippen molar-refractivity contribution in [3.05, 3.63) is 40.5 Å². The molecule has 0 spiro atoms. The average Bonchev–Trinajstić information content (AvgIpc) is 2.26. The van der Waals surface area contributed by atoms with Gasteiger partial charge in [-0.05, 0) is 34.8 Å². The number of fused-ring (bicyclic) bond motifs is 2. The normalized spacial score (nSPS) is 18.2. The molecule has 80 valence electrons. The first-order chi connectivity index (χ1) is 7.72. The summed E-state index contributed by atoms with van der Waals surface area (Å²) in [4.78, 5) is 22.7. The number of carbonyl (C=O) groups excluding carboxylic acids is 2.